The number of thiophene rings is 1. The summed E-state index contributed by atoms with van der Waals surface area (Å²) in [5.74, 6) is 1.74. The molecule has 0 saturated carbocycles. The van der Waals surface area contributed by atoms with Crippen LogP contribution in [0, 0.1) is 0 Å². The first-order chi connectivity index (χ1) is 35.7. The van der Waals surface area contributed by atoms with Gasteiger partial charge in [-0.1, -0.05) is 152 Å². The van der Waals surface area contributed by atoms with E-state index in [9.17, 15) is 0 Å². The zero-order valence-electron chi connectivity index (χ0n) is 38.4. The topological polar surface area (TPSA) is 61.7 Å². The maximum atomic E-state index is 6.77. The second-order valence-electron chi connectivity index (χ2n) is 18.6. The average Bonchev–Trinajstić information content (AvgIpc) is 4.20. The fourth-order valence-corrected chi connectivity index (χ4v) is 12.8. The normalized spacial score (nSPS) is 12.2. The Morgan fingerprint density at radius 1 is 0.333 bits per heavy atom. The molecule has 0 aliphatic carbocycles. The third-order valence-corrected chi connectivity index (χ3v) is 15.9. The Morgan fingerprint density at radius 2 is 0.958 bits per heavy atom. The van der Waals surface area contributed by atoms with Gasteiger partial charge in [0.1, 0.15) is 11.2 Å². The van der Waals surface area contributed by atoms with E-state index in [1.54, 1.807) is 11.3 Å². The van der Waals surface area contributed by atoms with Crippen LogP contribution >= 0.6 is 11.3 Å². The van der Waals surface area contributed by atoms with E-state index in [1.807, 2.05) is 12.1 Å². The van der Waals surface area contributed by atoms with Crippen LogP contribution in [0.5, 0.6) is 0 Å². The van der Waals surface area contributed by atoms with Gasteiger partial charge in [0.15, 0.2) is 17.5 Å². The predicted molar refractivity (Wildman–Crippen MR) is 300 cm³/mol. The van der Waals surface area contributed by atoms with Gasteiger partial charge in [0.05, 0.1) is 33.3 Å². The number of nitrogens with zero attached hydrogens (tertiary/aromatic N) is 5. The van der Waals surface area contributed by atoms with E-state index < -0.39 is 0 Å². The van der Waals surface area contributed by atoms with Crippen molar-refractivity contribution in [3.05, 3.63) is 224 Å². The number of benzene rings is 11. The summed E-state index contributed by atoms with van der Waals surface area (Å²) in [5.41, 5.74) is 10.7. The predicted octanol–water partition coefficient (Wildman–Crippen LogP) is 17.6. The van der Waals surface area contributed by atoms with Crippen LogP contribution in [0.15, 0.2) is 229 Å². The van der Waals surface area contributed by atoms with Gasteiger partial charge in [0.25, 0.3) is 0 Å². The summed E-state index contributed by atoms with van der Waals surface area (Å²) in [6.45, 7) is 0. The molecule has 7 heteroatoms. The van der Waals surface area contributed by atoms with Crippen molar-refractivity contribution in [3.63, 3.8) is 0 Å². The van der Waals surface area contributed by atoms with Crippen LogP contribution in [0.1, 0.15) is 0 Å². The van der Waals surface area contributed by atoms with Gasteiger partial charge in [-0.25, -0.2) is 15.0 Å². The monoisotopic (exact) mass is 935 g/mol. The molecule has 5 aromatic heterocycles. The van der Waals surface area contributed by atoms with Crippen LogP contribution in [0.3, 0.4) is 0 Å². The van der Waals surface area contributed by atoms with Crippen molar-refractivity contribution in [2.45, 2.75) is 0 Å². The van der Waals surface area contributed by atoms with E-state index in [1.165, 1.54) is 47.1 Å². The van der Waals surface area contributed by atoms with Crippen LogP contribution in [-0.4, -0.2) is 24.1 Å². The van der Waals surface area contributed by atoms with Gasteiger partial charge in [0.2, 0.25) is 0 Å². The molecule has 0 radical (unpaired) electrons. The minimum absolute atomic E-state index is 0.555. The molecule has 5 heterocycles. The Balaban J connectivity index is 1.08. The number of furan rings is 1. The maximum absolute atomic E-state index is 6.77. The van der Waals surface area contributed by atoms with Gasteiger partial charge in [-0.15, -0.1) is 11.3 Å². The quantitative estimate of drug-likeness (QED) is 0.172. The molecular formula is C65H37N5OS. The van der Waals surface area contributed by atoms with Gasteiger partial charge >= 0.3 is 0 Å². The maximum Gasteiger partial charge on any atom is 0.166 e. The highest BCUT2D eigenvalue weighted by Crippen LogP contribution is 2.47. The van der Waals surface area contributed by atoms with E-state index >= 15 is 0 Å². The molecule has 16 aromatic rings. The summed E-state index contributed by atoms with van der Waals surface area (Å²) in [6.07, 6.45) is 0. The first-order valence-electron chi connectivity index (χ1n) is 24.3. The Bertz CT molecular complexity index is 4940. The molecule has 0 spiro atoms. The molecule has 0 N–H and O–H groups in total. The van der Waals surface area contributed by atoms with Crippen LogP contribution in [0.4, 0.5) is 0 Å². The minimum Gasteiger partial charge on any atom is -0.456 e. The highest BCUT2D eigenvalue weighted by molar-refractivity contribution is 7.25. The Labute approximate surface area is 414 Å². The van der Waals surface area contributed by atoms with Gasteiger partial charge in [-0.3, -0.25) is 0 Å². The molecule has 16 rings (SSSR count). The van der Waals surface area contributed by atoms with Gasteiger partial charge < -0.3 is 13.6 Å². The summed E-state index contributed by atoms with van der Waals surface area (Å²) in [5, 5.41) is 13.6. The Kier molecular flexibility index (Phi) is 8.23. The van der Waals surface area contributed by atoms with Gasteiger partial charge in [-0.2, -0.15) is 0 Å². The smallest absolute Gasteiger partial charge is 0.166 e. The van der Waals surface area contributed by atoms with Crippen molar-refractivity contribution >= 4 is 119 Å². The van der Waals surface area contributed by atoms with Crippen molar-refractivity contribution in [2.75, 3.05) is 0 Å². The second kappa shape index (κ2) is 15.0. The van der Waals surface area contributed by atoms with E-state index in [0.717, 1.165) is 88.2 Å². The van der Waals surface area contributed by atoms with Crippen molar-refractivity contribution in [1.82, 2.24) is 24.1 Å². The van der Waals surface area contributed by atoms with Crippen LogP contribution in [-0.2, 0) is 0 Å². The van der Waals surface area contributed by atoms with Crippen molar-refractivity contribution < 1.29 is 4.42 Å². The third kappa shape index (κ3) is 5.62. The molecular weight excluding hydrogens is 899 g/mol. The molecule has 0 aliphatic rings. The lowest BCUT2D eigenvalue weighted by Gasteiger charge is -2.16. The van der Waals surface area contributed by atoms with Crippen molar-refractivity contribution in [1.29, 1.82) is 0 Å². The lowest BCUT2D eigenvalue weighted by atomic mass is 10.0. The van der Waals surface area contributed by atoms with Gasteiger partial charge in [-0.05, 0) is 94.3 Å². The number of hydrogen-bond donors (Lipinski definition) is 0. The van der Waals surface area contributed by atoms with Crippen molar-refractivity contribution in [3.8, 4) is 45.5 Å². The fourth-order valence-electron chi connectivity index (χ4n) is 11.7. The average molecular weight is 936 g/mol. The molecule has 0 atom stereocenters. The Hall–Kier alpha value is -9.43. The van der Waals surface area contributed by atoms with E-state index in [2.05, 4.69) is 221 Å². The summed E-state index contributed by atoms with van der Waals surface area (Å²) >= 11 is 1.79. The standard InChI is InChI=1S/C65H37N5OS/c1-2-19-41(20-3-1)69-49-27-11-8-22-43(49)59-46(25-14-28-50(59)69)63-66-64(47-26-15-31-57-60(47)45-24-10-13-30-56(45)72-57)68-65(67-63)62-52(34-35-55-61(62)44-23-9-12-29-54(44)71-55)70-51-33-32-38-16-6-7-21-42(38)58(51)48-36-39-17-4-5-18-40(39)37-53(48)70/h1-37H. The number of para-hydroxylation sites is 3. The summed E-state index contributed by atoms with van der Waals surface area (Å²) in [4.78, 5) is 17.1. The Morgan fingerprint density at radius 3 is 1.81 bits per heavy atom. The number of fused-ring (bicyclic) bond motifs is 15. The second-order valence-corrected chi connectivity index (χ2v) is 19.7. The molecule has 6 nitrogen and oxygen atoms in total. The van der Waals surface area contributed by atoms with E-state index in [4.69, 9.17) is 19.4 Å². The zero-order valence-corrected chi connectivity index (χ0v) is 39.2. The van der Waals surface area contributed by atoms with Gasteiger partial charge in [0, 0.05) is 69.3 Å². The van der Waals surface area contributed by atoms with Crippen LogP contribution in [0.2, 0.25) is 0 Å². The molecule has 0 unspecified atom stereocenters. The van der Waals surface area contributed by atoms with E-state index in [-0.39, 0.29) is 0 Å². The number of rotatable bonds is 5. The van der Waals surface area contributed by atoms with Crippen molar-refractivity contribution in [2.24, 2.45) is 0 Å². The molecule has 0 amide bonds. The number of aromatic nitrogens is 5. The highest BCUT2D eigenvalue weighted by Gasteiger charge is 2.27. The van der Waals surface area contributed by atoms with Crippen LogP contribution < -0.4 is 0 Å². The fraction of sp³-hybridized carbons (Fsp3) is 0. The van der Waals surface area contributed by atoms with Crippen LogP contribution in [0.25, 0.3) is 153 Å². The molecule has 0 fully saturated rings. The summed E-state index contributed by atoms with van der Waals surface area (Å²) in [6, 6.07) is 80.2. The summed E-state index contributed by atoms with van der Waals surface area (Å²) < 4.78 is 14.0. The lowest BCUT2D eigenvalue weighted by molar-refractivity contribution is 0.669. The summed E-state index contributed by atoms with van der Waals surface area (Å²) in [7, 11) is 0. The van der Waals surface area contributed by atoms with E-state index in [0.29, 0.717) is 17.5 Å². The minimum atomic E-state index is 0.555. The first-order valence-corrected chi connectivity index (χ1v) is 25.1. The zero-order chi connectivity index (χ0) is 47.0. The SMILES string of the molecule is c1ccc(-n2c3ccccc3c3c(-c4nc(-c5c(-n6c7cc8ccccc8cc7c7c8ccccc8ccc76)ccc6oc7ccccc7c56)nc(-c5cccc6sc7ccccc7c56)n4)cccc32)cc1. The molecule has 0 aliphatic heterocycles. The molecule has 0 saturated heterocycles. The molecule has 0 bridgehead atoms. The highest BCUT2D eigenvalue weighted by atomic mass is 32.1. The molecule has 72 heavy (non-hydrogen) atoms. The molecule has 334 valence electrons. The lowest BCUT2D eigenvalue weighted by Crippen LogP contribution is -2.04. The largest absolute Gasteiger partial charge is 0.456 e. The third-order valence-electron chi connectivity index (χ3n) is 14.7. The first kappa shape index (κ1) is 39.4. The number of hydrogen-bond acceptors (Lipinski definition) is 5. The molecule has 11 aromatic carbocycles.